The van der Waals surface area contributed by atoms with Crippen molar-refractivity contribution in [2.24, 2.45) is 5.92 Å². The van der Waals surface area contributed by atoms with Crippen molar-refractivity contribution in [1.29, 1.82) is 0 Å². The first-order valence-electron chi connectivity index (χ1n) is 6.60. The van der Waals surface area contributed by atoms with Crippen LogP contribution in [0.2, 0.25) is 0 Å². The molecular weight excluding hydrogens is 244 g/mol. The predicted octanol–water partition coefficient (Wildman–Crippen LogP) is 1.62. The molecule has 0 spiro atoms. The molecule has 1 aliphatic rings. The molecule has 1 fully saturated rings. The van der Waals surface area contributed by atoms with Gasteiger partial charge >= 0.3 is 0 Å². The number of rotatable bonds is 3. The summed E-state index contributed by atoms with van der Waals surface area (Å²) in [6.45, 7) is 0. The lowest BCUT2D eigenvalue weighted by atomic mass is 9.84. The minimum absolute atomic E-state index is 0.229. The topological polar surface area (TPSA) is 84.9 Å². The number of hydrogen-bond donors (Lipinski definition) is 1. The van der Waals surface area contributed by atoms with Crippen LogP contribution in [0.5, 0.6) is 0 Å². The molecule has 2 aromatic rings. The zero-order chi connectivity index (χ0) is 13.1. The van der Waals surface area contributed by atoms with E-state index in [9.17, 15) is 5.11 Å². The average molecular weight is 260 g/mol. The number of hydrogen-bond acceptors (Lipinski definition) is 6. The fourth-order valence-electron chi connectivity index (χ4n) is 2.52. The maximum Gasteiger partial charge on any atom is 0.227 e. The lowest BCUT2D eigenvalue weighted by Crippen LogP contribution is -2.26. The zero-order valence-electron chi connectivity index (χ0n) is 10.6. The summed E-state index contributed by atoms with van der Waals surface area (Å²) in [6.07, 6.45) is 7.65. The third-order valence-electron chi connectivity index (χ3n) is 3.58. The van der Waals surface area contributed by atoms with Crippen molar-refractivity contribution < 1.29 is 9.63 Å². The quantitative estimate of drug-likeness (QED) is 0.902. The van der Waals surface area contributed by atoms with Crippen molar-refractivity contribution in [2.75, 3.05) is 0 Å². The van der Waals surface area contributed by atoms with Gasteiger partial charge in [-0.3, -0.25) is 0 Å². The van der Waals surface area contributed by atoms with Crippen molar-refractivity contribution in [3.05, 3.63) is 24.5 Å². The molecule has 6 heteroatoms. The second-order valence-corrected chi connectivity index (χ2v) is 4.92. The molecule has 100 valence electrons. The van der Waals surface area contributed by atoms with E-state index in [2.05, 4.69) is 20.1 Å². The molecule has 1 N–H and O–H groups in total. The predicted molar refractivity (Wildman–Crippen MR) is 67.0 cm³/mol. The molecule has 0 radical (unpaired) electrons. The Morgan fingerprint density at radius 1 is 1.32 bits per heavy atom. The van der Waals surface area contributed by atoms with Gasteiger partial charge in [0, 0.05) is 12.6 Å². The Hall–Kier alpha value is -1.82. The number of aliphatic hydroxyl groups is 1. The highest BCUT2D eigenvalue weighted by molar-refractivity contribution is 5.46. The molecule has 2 aromatic heterocycles. The largest absolute Gasteiger partial charge is 0.393 e. The maximum absolute atomic E-state index is 9.94. The summed E-state index contributed by atoms with van der Waals surface area (Å²) in [5.41, 5.74) is 0.647. The lowest BCUT2D eigenvalue weighted by molar-refractivity contribution is 0.0657. The van der Waals surface area contributed by atoms with E-state index in [4.69, 9.17) is 4.52 Å². The molecule has 0 amide bonds. The van der Waals surface area contributed by atoms with Crippen LogP contribution in [0.3, 0.4) is 0 Å². The van der Waals surface area contributed by atoms with Gasteiger partial charge < -0.3 is 9.63 Å². The Balaban J connectivity index is 1.71. The van der Waals surface area contributed by atoms with Gasteiger partial charge in [0.1, 0.15) is 12.0 Å². The van der Waals surface area contributed by atoms with Gasteiger partial charge in [0.05, 0.1) is 6.10 Å². The van der Waals surface area contributed by atoms with E-state index in [0.717, 1.165) is 25.7 Å². The van der Waals surface area contributed by atoms with Crippen molar-refractivity contribution in [3.8, 4) is 11.5 Å². The van der Waals surface area contributed by atoms with Gasteiger partial charge in [-0.15, -0.1) is 0 Å². The molecule has 0 saturated heterocycles. The number of aliphatic hydroxyl groups excluding tert-OH is 1. The summed E-state index contributed by atoms with van der Waals surface area (Å²) >= 11 is 0. The third kappa shape index (κ3) is 2.78. The van der Waals surface area contributed by atoms with Gasteiger partial charge in [0.25, 0.3) is 0 Å². The fourth-order valence-corrected chi connectivity index (χ4v) is 2.52. The molecular formula is C13H16N4O2. The second-order valence-electron chi connectivity index (χ2n) is 4.92. The van der Waals surface area contributed by atoms with Gasteiger partial charge in [-0.2, -0.15) is 4.98 Å². The van der Waals surface area contributed by atoms with Gasteiger partial charge in [-0.25, -0.2) is 9.97 Å². The summed E-state index contributed by atoms with van der Waals surface area (Å²) in [4.78, 5) is 12.3. The van der Waals surface area contributed by atoms with Crippen LogP contribution in [0.15, 0.2) is 23.1 Å². The number of nitrogens with zero attached hydrogens (tertiary/aromatic N) is 4. The lowest BCUT2D eigenvalue weighted by Gasteiger charge is -2.26. The van der Waals surface area contributed by atoms with Crippen LogP contribution in [-0.4, -0.2) is 31.3 Å². The van der Waals surface area contributed by atoms with E-state index in [-0.39, 0.29) is 12.0 Å². The first-order valence-corrected chi connectivity index (χ1v) is 6.60. The molecule has 2 heterocycles. The normalized spacial score (nSPS) is 23.4. The highest BCUT2D eigenvalue weighted by Crippen LogP contribution is 2.27. The monoisotopic (exact) mass is 260 g/mol. The molecule has 1 aliphatic carbocycles. The van der Waals surface area contributed by atoms with Crippen molar-refractivity contribution >= 4 is 0 Å². The van der Waals surface area contributed by atoms with Gasteiger partial charge in [-0.05, 0) is 24.8 Å². The Labute approximate surface area is 110 Å². The first kappa shape index (κ1) is 12.2. The minimum atomic E-state index is -0.247. The maximum atomic E-state index is 9.94. The Morgan fingerprint density at radius 2 is 2.21 bits per heavy atom. The molecule has 1 saturated carbocycles. The zero-order valence-corrected chi connectivity index (χ0v) is 10.6. The highest BCUT2D eigenvalue weighted by Gasteiger charge is 2.25. The average Bonchev–Trinajstić information content (AvgIpc) is 2.91. The standard InChI is InChI=1S/C13H16N4O2/c18-11-4-2-1-3-9(11)7-12-16-13(17-19-12)10-5-6-14-8-15-10/h5-6,8-9,11,18H,1-4,7H2. The van der Waals surface area contributed by atoms with Crippen LogP contribution in [0.25, 0.3) is 11.5 Å². The van der Waals surface area contributed by atoms with E-state index in [1.807, 2.05) is 0 Å². The Morgan fingerprint density at radius 3 is 3.00 bits per heavy atom. The first-order chi connectivity index (χ1) is 9.33. The summed E-state index contributed by atoms with van der Waals surface area (Å²) in [6, 6.07) is 1.74. The summed E-state index contributed by atoms with van der Waals surface area (Å²) in [7, 11) is 0. The van der Waals surface area contributed by atoms with Crippen LogP contribution in [-0.2, 0) is 6.42 Å². The molecule has 6 nitrogen and oxygen atoms in total. The molecule has 2 unspecified atom stereocenters. The Kier molecular flexibility index (Phi) is 3.50. The fraction of sp³-hybridized carbons (Fsp3) is 0.538. The summed E-state index contributed by atoms with van der Waals surface area (Å²) in [5.74, 6) is 1.27. The van der Waals surface area contributed by atoms with Gasteiger partial charge in [0.2, 0.25) is 11.7 Å². The van der Waals surface area contributed by atoms with Gasteiger partial charge in [0.15, 0.2) is 0 Å². The van der Waals surface area contributed by atoms with E-state index in [1.54, 1.807) is 12.3 Å². The summed E-state index contributed by atoms with van der Waals surface area (Å²) in [5, 5.41) is 13.9. The highest BCUT2D eigenvalue weighted by atomic mass is 16.5. The number of aromatic nitrogens is 4. The van der Waals surface area contributed by atoms with Gasteiger partial charge in [-0.1, -0.05) is 18.0 Å². The van der Waals surface area contributed by atoms with Crippen LogP contribution in [0, 0.1) is 5.92 Å². The summed E-state index contributed by atoms with van der Waals surface area (Å²) < 4.78 is 5.24. The molecule has 0 bridgehead atoms. The van der Waals surface area contributed by atoms with E-state index >= 15 is 0 Å². The van der Waals surface area contributed by atoms with Crippen LogP contribution in [0.1, 0.15) is 31.6 Å². The SMILES string of the molecule is OC1CCCCC1Cc1nc(-c2ccncn2)no1. The van der Waals surface area contributed by atoms with E-state index in [0.29, 0.717) is 23.8 Å². The molecule has 3 rings (SSSR count). The molecule has 0 aliphatic heterocycles. The smallest absolute Gasteiger partial charge is 0.227 e. The van der Waals surface area contributed by atoms with E-state index in [1.165, 1.54) is 6.33 Å². The van der Waals surface area contributed by atoms with Crippen LogP contribution < -0.4 is 0 Å². The van der Waals surface area contributed by atoms with Crippen LogP contribution >= 0.6 is 0 Å². The van der Waals surface area contributed by atoms with Crippen LogP contribution in [0.4, 0.5) is 0 Å². The van der Waals surface area contributed by atoms with Crippen molar-refractivity contribution in [2.45, 2.75) is 38.2 Å². The molecule has 2 atom stereocenters. The van der Waals surface area contributed by atoms with Crippen molar-refractivity contribution in [3.63, 3.8) is 0 Å². The molecule has 0 aromatic carbocycles. The molecule has 19 heavy (non-hydrogen) atoms. The second kappa shape index (κ2) is 5.44. The van der Waals surface area contributed by atoms with Crippen molar-refractivity contribution in [1.82, 2.24) is 20.1 Å². The third-order valence-corrected chi connectivity index (χ3v) is 3.58. The Bertz CT molecular complexity index is 528. The van der Waals surface area contributed by atoms with E-state index < -0.39 is 0 Å². The minimum Gasteiger partial charge on any atom is -0.393 e.